The maximum Gasteiger partial charge on any atom is 0.0328 e. The molecule has 4 heteroatoms. The number of rotatable bonds is 5. The number of hydrogen-bond acceptors (Lipinski definition) is 3. The lowest BCUT2D eigenvalue weighted by atomic mass is 9.75. The molecule has 1 aromatic rings. The SMILES string of the molecule is CN(C)C1(CNCc2cc(Br)cs2)CCC1. The summed E-state index contributed by atoms with van der Waals surface area (Å²) < 4.78 is 1.19. The van der Waals surface area contributed by atoms with E-state index in [0.717, 1.165) is 13.1 Å². The highest BCUT2D eigenvalue weighted by molar-refractivity contribution is 9.10. The number of nitrogens with one attached hydrogen (secondary N) is 1. The van der Waals surface area contributed by atoms with Gasteiger partial charge in [0.05, 0.1) is 0 Å². The standard InChI is InChI=1S/C12H19BrN2S/c1-15(2)12(4-3-5-12)9-14-7-11-6-10(13)8-16-11/h6,8,14H,3-5,7,9H2,1-2H3. The van der Waals surface area contributed by atoms with Crippen molar-refractivity contribution in [3.8, 4) is 0 Å². The number of hydrogen-bond donors (Lipinski definition) is 1. The molecule has 0 aliphatic heterocycles. The topological polar surface area (TPSA) is 15.3 Å². The van der Waals surface area contributed by atoms with Crippen LogP contribution in [0.3, 0.4) is 0 Å². The minimum atomic E-state index is 0.425. The average molecular weight is 303 g/mol. The zero-order valence-corrected chi connectivity index (χ0v) is 12.3. The highest BCUT2D eigenvalue weighted by Gasteiger charge is 2.38. The molecule has 0 aromatic carbocycles. The average Bonchev–Trinajstić information content (AvgIpc) is 2.55. The van der Waals surface area contributed by atoms with Crippen LogP contribution in [0.15, 0.2) is 15.9 Å². The summed E-state index contributed by atoms with van der Waals surface area (Å²) in [7, 11) is 4.39. The van der Waals surface area contributed by atoms with E-state index in [4.69, 9.17) is 0 Å². The van der Waals surface area contributed by atoms with Crippen LogP contribution in [0.1, 0.15) is 24.1 Å². The Balaban J connectivity index is 1.79. The highest BCUT2D eigenvalue weighted by atomic mass is 79.9. The zero-order chi connectivity index (χ0) is 11.6. The van der Waals surface area contributed by atoms with Crippen molar-refractivity contribution in [3.05, 3.63) is 20.8 Å². The van der Waals surface area contributed by atoms with Crippen LogP contribution in [0.5, 0.6) is 0 Å². The molecule has 1 saturated carbocycles. The van der Waals surface area contributed by atoms with Crippen LogP contribution in [-0.2, 0) is 6.54 Å². The maximum atomic E-state index is 3.59. The Labute approximate surface area is 110 Å². The molecular weight excluding hydrogens is 284 g/mol. The first-order valence-corrected chi connectivity index (χ1v) is 7.41. The van der Waals surface area contributed by atoms with Gasteiger partial charge in [0.25, 0.3) is 0 Å². The normalized spacial score (nSPS) is 18.8. The van der Waals surface area contributed by atoms with Gasteiger partial charge < -0.3 is 10.2 Å². The molecule has 0 radical (unpaired) electrons. The summed E-state index contributed by atoms with van der Waals surface area (Å²) in [5, 5.41) is 5.73. The first-order chi connectivity index (χ1) is 7.62. The van der Waals surface area contributed by atoms with Crippen LogP contribution < -0.4 is 5.32 Å². The van der Waals surface area contributed by atoms with E-state index < -0.39 is 0 Å². The molecule has 0 atom stereocenters. The molecule has 1 aromatic heterocycles. The highest BCUT2D eigenvalue weighted by Crippen LogP contribution is 2.35. The van der Waals surface area contributed by atoms with Gasteiger partial charge in [-0.25, -0.2) is 0 Å². The van der Waals surface area contributed by atoms with E-state index >= 15 is 0 Å². The molecule has 0 amide bonds. The third kappa shape index (κ3) is 2.67. The largest absolute Gasteiger partial charge is 0.310 e. The predicted octanol–water partition coefficient (Wildman–Crippen LogP) is 3.08. The van der Waals surface area contributed by atoms with E-state index in [2.05, 4.69) is 51.7 Å². The number of thiophene rings is 1. The molecule has 16 heavy (non-hydrogen) atoms. The van der Waals surface area contributed by atoms with Gasteiger partial charge in [0.2, 0.25) is 0 Å². The van der Waals surface area contributed by atoms with Crippen LogP contribution in [0.25, 0.3) is 0 Å². The maximum absolute atomic E-state index is 3.59. The van der Waals surface area contributed by atoms with E-state index in [0.29, 0.717) is 5.54 Å². The number of halogens is 1. The third-order valence-corrected chi connectivity index (χ3v) is 5.31. The van der Waals surface area contributed by atoms with Gasteiger partial charge in [0.1, 0.15) is 0 Å². The Morgan fingerprint density at radius 3 is 2.69 bits per heavy atom. The molecule has 2 nitrogen and oxygen atoms in total. The Bertz CT molecular complexity index is 345. The molecule has 0 spiro atoms. The molecule has 1 N–H and O–H groups in total. The van der Waals surface area contributed by atoms with E-state index in [1.54, 1.807) is 0 Å². The molecule has 1 fully saturated rings. The zero-order valence-electron chi connectivity index (χ0n) is 9.92. The summed E-state index contributed by atoms with van der Waals surface area (Å²) in [6.45, 7) is 2.10. The van der Waals surface area contributed by atoms with Gasteiger partial charge in [-0.2, -0.15) is 0 Å². The number of likely N-dealkylation sites (N-methyl/N-ethyl adjacent to an activating group) is 1. The molecular formula is C12H19BrN2S. The van der Waals surface area contributed by atoms with Gasteiger partial charge in [-0.3, -0.25) is 0 Å². The van der Waals surface area contributed by atoms with Crippen LogP contribution in [0, 0.1) is 0 Å². The Kier molecular flexibility index (Phi) is 4.06. The molecule has 2 rings (SSSR count). The summed E-state index contributed by atoms with van der Waals surface area (Å²) in [5.41, 5.74) is 0.425. The monoisotopic (exact) mass is 302 g/mol. The Hall–Kier alpha value is 0.1000. The fraction of sp³-hybridized carbons (Fsp3) is 0.667. The first-order valence-electron chi connectivity index (χ1n) is 5.73. The van der Waals surface area contributed by atoms with Crippen molar-refractivity contribution in [3.63, 3.8) is 0 Å². The summed E-state index contributed by atoms with van der Waals surface area (Å²) in [6, 6.07) is 2.20. The molecule has 0 saturated heterocycles. The van der Waals surface area contributed by atoms with Gasteiger partial charge in [-0.05, 0) is 55.4 Å². The Morgan fingerprint density at radius 2 is 2.25 bits per heavy atom. The molecule has 1 aliphatic rings. The summed E-state index contributed by atoms with van der Waals surface area (Å²) >= 11 is 5.30. The molecule has 1 aliphatic carbocycles. The van der Waals surface area contributed by atoms with Crippen LogP contribution in [0.4, 0.5) is 0 Å². The minimum Gasteiger partial charge on any atom is -0.310 e. The second-order valence-corrected chi connectivity index (χ2v) is 6.72. The van der Waals surface area contributed by atoms with E-state index in [1.165, 1.54) is 28.6 Å². The Morgan fingerprint density at radius 1 is 1.50 bits per heavy atom. The molecule has 0 unspecified atom stereocenters. The first kappa shape index (κ1) is 12.6. The van der Waals surface area contributed by atoms with Crippen LogP contribution in [0.2, 0.25) is 0 Å². The van der Waals surface area contributed by atoms with Gasteiger partial charge in [0.15, 0.2) is 0 Å². The van der Waals surface area contributed by atoms with E-state index in [-0.39, 0.29) is 0 Å². The van der Waals surface area contributed by atoms with Gasteiger partial charge in [-0.15, -0.1) is 11.3 Å². The van der Waals surface area contributed by atoms with Crippen molar-refractivity contribution < 1.29 is 0 Å². The quantitative estimate of drug-likeness (QED) is 0.899. The van der Waals surface area contributed by atoms with Crippen LogP contribution >= 0.6 is 27.3 Å². The fourth-order valence-corrected chi connectivity index (χ4v) is 3.65. The molecule has 1 heterocycles. The van der Waals surface area contributed by atoms with Crippen molar-refractivity contribution in [1.29, 1.82) is 0 Å². The van der Waals surface area contributed by atoms with Crippen molar-refractivity contribution in [2.45, 2.75) is 31.3 Å². The lowest BCUT2D eigenvalue weighted by molar-refractivity contribution is 0.0599. The lowest BCUT2D eigenvalue weighted by Gasteiger charge is -2.47. The van der Waals surface area contributed by atoms with Crippen LogP contribution in [-0.4, -0.2) is 31.1 Å². The smallest absolute Gasteiger partial charge is 0.0328 e. The number of nitrogens with zero attached hydrogens (tertiary/aromatic N) is 1. The summed E-state index contributed by atoms with van der Waals surface area (Å²) in [4.78, 5) is 3.79. The second kappa shape index (κ2) is 5.17. The second-order valence-electron chi connectivity index (χ2n) is 4.81. The molecule has 0 bridgehead atoms. The van der Waals surface area contributed by atoms with Crippen molar-refractivity contribution in [1.82, 2.24) is 10.2 Å². The third-order valence-electron chi connectivity index (χ3n) is 3.61. The van der Waals surface area contributed by atoms with E-state index in [9.17, 15) is 0 Å². The lowest BCUT2D eigenvalue weighted by Crippen LogP contribution is -2.56. The summed E-state index contributed by atoms with van der Waals surface area (Å²) in [5.74, 6) is 0. The van der Waals surface area contributed by atoms with Gasteiger partial charge in [-0.1, -0.05) is 0 Å². The molecule has 90 valence electrons. The van der Waals surface area contributed by atoms with Gasteiger partial charge >= 0.3 is 0 Å². The fourth-order valence-electron chi connectivity index (χ4n) is 2.23. The van der Waals surface area contributed by atoms with Gasteiger partial charge in [0, 0.05) is 33.4 Å². The minimum absolute atomic E-state index is 0.425. The summed E-state index contributed by atoms with van der Waals surface area (Å²) in [6.07, 6.45) is 4.05. The van der Waals surface area contributed by atoms with Crippen molar-refractivity contribution in [2.24, 2.45) is 0 Å². The van der Waals surface area contributed by atoms with E-state index in [1.807, 2.05) is 11.3 Å². The predicted molar refractivity (Wildman–Crippen MR) is 74.0 cm³/mol. The van der Waals surface area contributed by atoms with Crippen molar-refractivity contribution >= 4 is 27.3 Å². The van der Waals surface area contributed by atoms with Crippen molar-refractivity contribution in [2.75, 3.05) is 20.6 Å².